The van der Waals surface area contributed by atoms with Crippen LogP contribution in [0.2, 0.25) is 0 Å². The molecule has 0 atom stereocenters. The van der Waals surface area contributed by atoms with Crippen molar-refractivity contribution in [2.45, 2.75) is 6.92 Å². The summed E-state index contributed by atoms with van der Waals surface area (Å²) < 4.78 is 0. The highest BCUT2D eigenvalue weighted by Crippen LogP contribution is 2.24. The van der Waals surface area contributed by atoms with Crippen LogP contribution >= 0.6 is 0 Å². The third-order valence-electron chi connectivity index (χ3n) is 3.46. The highest BCUT2D eigenvalue weighted by Gasteiger charge is 2.04. The monoisotopic (exact) mass is 303 g/mol. The quantitative estimate of drug-likeness (QED) is 0.724. The maximum Gasteiger partial charge on any atom is 0.248 e. The van der Waals surface area contributed by atoms with E-state index >= 15 is 0 Å². The molecule has 3 rings (SSSR count). The lowest BCUT2D eigenvalue weighted by molar-refractivity contribution is -0.111. The van der Waals surface area contributed by atoms with E-state index in [0.717, 1.165) is 22.2 Å². The second kappa shape index (κ2) is 6.32. The maximum absolute atomic E-state index is 12.0. The van der Waals surface area contributed by atoms with Crippen molar-refractivity contribution in [3.63, 3.8) is 0 Å². The number of aromatic nitrogens is 1. The van der Waals surface area contributed by atoms with Crippen LogP contribution in [0.5, 0.6) is 0 Å². The minimum atomic E-state index is -0.188. The molecule has 2 aromatic carbocycles. The Hall–Kier alpha value is -3.14. The van der Waals surface area contributed by atoms with Gasteiger partial charge in [0, 0.05) is 28.5 Å². The SMILES string of the molecule is Cc1cc(N)c2cc(NC(=O)/C=C/c3ccccc3)ccc2n1. The number of nitrogens with two attached hydrogens (primary N) is 1. The molecular formula is C19H17N3O. The summed E-state index contributed by atoms with van der Waals surface area (Å²) in [6, 6.07) is 17.0. The van der Waals surface area contributed by atoms with E-state index in [2.05, 4.69) is 10.3 Å². The molecule has 0 spiro atoms. The van der Waals surface area contributed by atoms with Crippen molar-refractivity contribution in [2.75, 3.05) is 11.1 Å². The summed E-state index contributed by atoms with van der Waals surface area (Å²) in [7, 11) is 0. The summed E-state index contributed by atoms with van der Waals surface area (Å²) in [5, 5.41) is 3.67. The van der Waals surface area contributed by atoms with Crippen LogP contribution < -0.4 is 11.1 Å². The van der Waals surface area contributed by atoms with Gasteiger partial charge in [0.2, 0.25) is 5.91 Å². The first-order valence-electron chi connectivity index (χ1n) is 7.33. The molecule has 0 fully saturated rings. The number of carbonyl (C=O) groups excluding carboxylic acids is 1. The number of hydrogen-bond acceptors (Lipinski definition) is 3. The third-order valence-corrected chi connectivity index (χ3v) is 3.46. The van der Waals surface area contributed by atoms with Gasteiger partial charge < -0.3 is 11.1 Å². The van der Waals surface area contributed by atoms with E-state index in [1.165, 1.54) is 6.08 Å². The maximum atomic E-state index is 12.0. The molecular weight excluding hydrogens is 286 g/mol. The van der Waals surface area contributed by atoms with Crippen molar-refractivity contribution in [3.8, 4) is 0 Å². The van der Waals surface area contributed by atoms with E-state index in [-0.39, 0.29) is 5.91 Å². The van der Waals surface area contributed by atoms with Gasteiger partial charge in [0.1, 0.15) is 0 Å². The van der Waals surface area contributed by atoms with E-state index in [9.17, 15) is 4.79 Å². The van der Waals surface area contributed by atoms with Crippen molar-refractivity contribution in [2.24, 2.45) is 0 Å². The van der Waals surface area contributed by atoms with E-state index < -0.39 is 0 Å². The summed E-state index contributed by atoms with van der Waals surface area (Å²) >= 11 is 0. The molecule has 3 aromatic rings. The fourth-order valence-electron chi connectivity index (χ4n) is 2.39. The lowest BCUT2D eigenvalue weighted by atomic mass is 10.1. The predicted molar refractivity (Wildman–Crippen MR) is 95.0 cm³/mol. The Morgan fingerprint density at radius 2 is 1.91 bits per heavy atom. The summed E-state index contributed by atoms with van der Waals surface area (Å²) in [6.07, 6.45) is 3.28. The van der Waals surface area contributed by atoms with Gasteiger partial charge in [-0.05, 0) is 42.8 Å². The number of nitrogen functional groups attached to an aromatic ring is 1. The van der Waals surface area contributed by atoms with Gasteiger partial charge in [0.15, 0.2) is 0 Å². The van der Waals surface area contributed by atoms with E-state index in [0.29, 0.717) is 11.4 Å². The van der Waals surface area contributed by atoms with Crippen molar-refractivity contribution in [1.29, 1.82) is 0 Å². The van der Waals surface area contributed by atoms with Crippen molar-refractivity contribution < 1.29 is 4.79 Å². The van der Waals surface area contributed by atoms with Crippen LogP contribution in [0.3, 0.4) is 0 Å². The Morgan fingerprint density at radius 1 is 1.13 bits per heavy atom. The van der Waals surface area contributed by atoms with Crippen LogP contribution in [0.15, 0.2) is 60.7 Å². The predicted octanol–water partition coefficient (Wildman–Crippen LogP) is 3.78. The molecule has 114 valence electrons. The molecule has 0 aliphatic carbocycles. The second-order valence-electron chi connectivity index (χ2n) is 5.32. The molecule has 0 unspecified atom stereocenters. The molecule has 0 saturated carbocycles. The topological polar surface area (TPSA) is 68.0 Å². The summed E-state index contributed by atoms with van der Waals surface area (Å²) in [5.74, 6) is -0.188. The first kappa shape index (κ1) is 14.8. The molecule has 23 heavy (non-hydrogen) atoms. The molecule has 0 saturated heterocycles. The number of fused-ring (bicyclic) bond motifs is 1. The van der Waals surface area contributed by atoms with Gasteiger partial charge in [0.05, 0.1) is 5.52 Å². The number of aryl methyl sites for hydroxylation is 1. The molecule has 4 heteroatoms. The zero-order valence-corrected chi connectivity index (χ0v) is 12.8. The smallest absolute Gasteiger partial charge is 0.248 e. The zero-order chi connectivity index (χ0) is 16.2. The standard InChI is InChI=1S/C19H17N3O/c1-13-11-17(20)16-12-15(8-9-18(16)21-13)22-19(23)10-7-14-5-3-2-4-6-14/h2-12H,1H3,(H2,20,21)(H,22,23)/b10-7+. The molecule has 0 radical (unpaired) electrons. The fraction of sp³-hybridized carbons (Fsp3) is 0.0526. The molecule has 1 aromatic heterocycles. The van der Waals surface area contributed by atoms with Crippen LogP contribution in [-0.4, -0.2) is 10.9 Å². The average molecular weight is 303 g/mol. The van der Waals surface area contributed by atoms with Crippen molar-refractivity contribution in [1.82, 2.24) is 4.98 Å². The highest BCUT2D eigenvalue weighted by atomic mass is 16.1. The minimum absolute atomic E-state index is 0.188. The Balaban J connectivity index is 1.79. The molecule has 4 nitrogen and oxygen atoms in total. The number of carbonyl (C=O) groups is 1. The van der Waals surface area contributed by atoms with Crippen LogP contribution in [0, 0.1) is 6.92 Å². The number of nitrogens with one attached hydrogen (secondary N) is 1. The highest BCUT2D eigenvalue weighted by molar-refractivity contribution is 6.03. The third kappa shape index (κ3) is 3.55. The molecule has 3 N–H and O–H groups in total. The number of amides is 1. The van der Waals surface area contributed by atoms with Crippen LogP contribution in [0.1, 0.15) is 11.3 Å². The van der Waals surface area contributed by atoms with Crippen molar-refractivity contribution >= 4 is 34.3 Å². The zero-order valence-electron chi connectivity index (χ0n) is 12.8. The number of benzene rings is 2. The van der Waals surface area contributed by atoms with E-state index in [4.69, 9.17) is 5.73 Å². The number of rotatable bonds is 3. The van der Waals surface area contributed by atoms with Gasteiger partial charge in [-0.2, -0.15) is 0 Å². The van der Waals surface area contributed by atoms with Gasteiger partial charge in [0.25, 0.3) is 0 Å². The summed E-state index contributed by atoms with van der Waals surface area (Å²) in [5.41, 5.74) is 10.0. The van der Waals surface area contributed by atoms with Gasteiger partial charge >= 0.3 is 0 Å². The van der Waals surface area contributed by atoms with Crippen molar-refractivity contribution in [3.05, 3.63) is 71.9 Å². The lowest BCUT2D eigenvalue weighted by Gasteiger charge is -2.07. The number of hydrogen-bond donors (Lipinski definition) is 2. The van der Waals surface area contributed by atoms with Crippen LogP contribution in [0.25, 0.3) is 17.0 Å². The first-order valence-corrected chi connectivity index (χ1v) is 7.33. The minimum Gasteiger partial charge on any atom is -0.398 e. The van der Waals surface area contributed by atoms with E-state index in [1.54, 1.807) is 6.08 Å². The molecule has 1 heterocycles. The Kier molecular flexibility index (Phi) is 4.06. The van der Waals surface area contributed by atoms with Crippen LogP contribution in [-0.2, 0) is 4.79 Å². The lowest BCUT2D eigenvalue weighted by Crippen LogP contribution is -2.07. The van der Waals surface area contributed by atoms with E-state index in [1.807, 2.05) is 61.5 Å². The van der Waals surface area contributed by atoms with Gasteiger partial charge in [-0.15, -0.1) is 0 Å². The number of anilines is 2. The Labute approximate surface area is 134 Å². The summed E-state index contributed by atoms with van der Waals surface area (Å²) in [6.45, 7) is 1.90. The van der Waals surface area contributed by atoms with Gasteiger partial charge in [-0.25, -0.2) is 0 Å². The average Bonchev–Trinajstić information content (AvgIpc) is 2.54. The van der Waals surface area contributed by atoms with Crippen LogP contribution in [0.4, 0.5) is 11.4 Å². The molecule has 0 aliphatic heterocycles. The number of nitrogens with zero attached hydrogens (tertiary/aromatic N) is 1. The molecule has 0 bridgehead atoms. The molecule has 0 aliphatic rings. The normalized spacial score (nSPS) is 11.0. The molecule has 1 amide bonds. The second-order valence-corrected chi connectivity index (χ2v) is 5.32. The Morgan fingerprint density at radius 3 is 2.70 bits per heavy atom. The van der Waals surface area contributed by atoms with Gasteiger partial charge in [-0.1, -0.05) is 30.3 Å². The number of pyridine rings is 1. The van der Waals surface area contributed by atoms with Gasteiger partial charge in [-0.3, -0.25) is 9.78 Å². The largest absolute Gasteiger partial charge is 0.398 e. The first-order chi connectivity index (χ1) is 11.1. The fourth-order valence-corrected chi connectivity index (χ4v) is 2.39. The Bertz CT molecular complexity index is 886. The summed E-state index contributed by atoms with van der Waals surface area (Å²) in [4.78, 5) is 16.4.